The van der Waals surface area contributed by atoms with E-state index in [4.69, 9.17) is 20.2 Å². The van der Waals surface area contributed by atoms with Gasteiger partial charge in [-0.2, -0.15) is 10.1 Å². The zero-order chi connectivity index (χ0) is 27.7. The number of ether oxygens (including phenoxy) is 2. The van der Waals surface area contributed by atoms with Crippen LogP contribution in [0.1, 0.15) is 69.0 Å². The Labute approximate surface area is 235 Å². The number of hydrogen-bond donors (Lipinski definition) is 3. The summed E-state index contributed by atoms with van der Waals surface area (Å²) in [5.41, 5.74) is 10.0. The number of likely N-dealkylation sites (tertiary alicyclic amines) is 1. The molecule has 3 aromatic heterocycles. The Hall–Kier alpha value is -3.02. The van der Waals surface area contributed by atoms with E-state index in [9.17, 15) is 5.11 Å². The van der Waals surface area contributed by atoms with Gasteiger partial charge in [0.1, 0.15) is 22.5 Å². The molecule has 3 fully saturated rings. The second kappa shape index (κ2) is 11.5. The predicted octanol–water partition coefficient (Wildman–Crippen LogP) is 3.18. The molecule has 0 amide bonds. The molecule has 216 valence electrons. The molecular formula is C29H42N8O3. The van der Waals surface area contributed by atoms with E-state index in [1.54, 1.807) is 13.3 Å². The van der Waals surface area contributed by atoms with Crippen molar-refractivity contribution in [2.24, 2.45) is 5.41 Å². The summed E-state index contributed by atoms with van der Waals surface area (Å²) < 4.78 is 13.1. The predicted molar refractivity (Wildman–Crippen MR) is 153 cm³/mol. The third-order valence-corrected chi connectivity index (χ3v) is 9.10. The lowest BCUT2D eigenvalue weighted by atomic mass is 9.63. The first-order valence-electron chi connectivity index (χ1n) is 14.7. The summed E-state index contributed by atoms with van der Waals surface area (Å²) in [5, 5.41) is 17.6. The minimum atomic E-state index is 0.0758. The van der Waals surface area contributed by atoms with Crippen molar-refractivity contribution >= 4 is 22.8 Å². The Kier molecular flexibility index (Phi) is 7.78. The van der Waals surface area contributed by atoms with Crippen LogP contribution in [0, 0.1) is 5.41 Å². The summed E-state index contributed by atoms with van der Waals surface area (Å²) in [6.07, 6.45) is 11.1. The van der Waals surface area contributed by atoms with Crippen molar-refractivity contribution in [1.29, 1.82) is 0 Å². The van der Waals surface area contributed by atoms with E-state index in [0.29, 0.717) is 35.6 Å². The number of pyridine rings is 1. The number of piperidine rings is 1. The molecule has 1 atom stereocenters. The van der Waals surface area contributed by atoms with Crippen LogP contribution in [-0.2, 0) is 11.3 Å². The number of nitrogens with zero attached hydrogens (tertiary/aromatic N) is 6. The molecule has 0 radical (unpaired) electrons. The van der Waals surface area contributed by atoms with E-state index in [1.807, 2.05) is 10.9 Å². The number of anilines is 2. The van der Waals surface area contributed by atoms with Gasteiger partial charge in [-0.3, -0.25) is 9.67 Å². The number of hydrogen-bond acceptors (Lipinski definition) is 10. The minimum Gasteiger partial charge on any atom is -0.495 e. The summed E-state index contributed by atoms with van der Waals surface area (Å²) in [6, 6.07) is 2.97. The van der Waals surface area contributed by atoms with Crippen LogP contribution in [0.25, 0.3) is 11.0 Å². The highest BCUT2D eigenvalue weighted by Crippen LogP contribution is 2.49. The maximum Gasteiger partial charge on any atom is 0.222 e. The molecule has 1 aliphatic carbocycles. The highest BCUT2D eigenvalue weighted by Gasteiger charge is 2.51. The van der Waals surface area contributed by atoms with Crippen LogP contribution < -0.4 is 15.8 Å². The van der Waals surface area contributed by atoms with Crippen molar-refractivity contribution in [3.05, 3.63) is 29.7 Å². The molecule has 6 rings (SSSR count). The van der Waals surface area contributed by atoms with Crippen LogP contribution in [0.3, 0.4) is 0 Å². The maximum atomic E-state index is 9.53. The number of aromatic nitrogens is 5. The fourth-order valence-corrected chi connectivity index (χ4v) is 6.79. The van der Waals surface area contributed by atoms with Gasteiger partial charge in [-0.05, 0) is 69.2 Å². The fraction of sp³-hybridized carbons (Fsp3) is 0.655. The van der Waals surface area contributed by atoms with Gasteiger partial charge >= 0.3 is 0 Å². The molecule has 4 N–H and O–H groups in total. The van der Waals surface area contributed by atoms with Gasteiger partial charge in [-0.15, -0.1) is 0 Å². The monoisotopic (exact) mass is 550 g/mol. The molecule has 11 heteroatoms. The lowest BCUT2D eigenvalue weighted by Crippen LogP contribution is -2.60. The van der Waals surface area contributed by atoms with Crippen LogP contribution in [0.5, 0.6) is 5.75 Å². The summed E-state index contributed by atoms with van der Waals surface area (Å²) in [4.78, 5) is 16.4. The zero-order valence-electron chi connectivity index (χ0n) is 23.7. The second-order valence-electron chi connectivity index (χ2n) is 11.9. The van der Waals surface area contributed by atoms with Gasteiger partial charge in [0.15, 0.2) is 5.82 Å². The average Bonchev–Trinajstić information content (AvgIpc) is 3.30. The van der Waals surface area contributed by atoms with Crippen molar-refractivity contribution < 1.29 is 14.6 Å². The van der Waals surface area contributed by atoms with Gasteiger partial charge in [0.25, 0.3) is 0 Å². The van der Waals surface area contributed by atoms with E-state index < -0.39 is 0 Å². The Morgan fingerprint density at radius 3 is 2.67 bits per heavy atom. The molecule has 0 bridgehead atoms. The number of fused-ring (bicyclic) bond motifs is 1. The summed E-state index contributed by atoms with van der Waals surface area (Å²) in [7, 11) is 1.70. The van der Waals surface area contributed by atoms with Crippen LogP contribution in [-0.4, -0.2) is 86.8 Å². The van der Waals surface area contributed by atoms with E-state index in [-0.39, 0.29) is 18.6 Å². The van der Waals surface area contributed by atoms with Gasteiger partial charge in [0.05, 0.1) is 33.1 Å². The van der Waals surface area contributed by atoms with E-state index in [1.165, 1.54) is 18.4 Å². The van der Waals surface area contributed by atoms with Gasteiger partial charge in [0.2, 0.25) is 5.95 Å². The van der Waals surface area contributed by atoms with Crippen LogP contribution >= 0.6 is 0 Å². The van der Waals surface area contributed by atoms with Crippen LogP contribution in [0.2, 0.25) is 0 Å². The molecule has 0 unspecified atom stereocenters. The van der Waals surface area contributed by atoms with Crippen molar-refractivity contribution in [2.75, 3.05) is 51.1 Å². The second-order valence-corrected chi connectivity index (χ2v) is 11.9. The fourth-order valence-electron chi connectivity index (χ4n) is 6.79. The quantitative estimate of drug-likeness (QED) is 0.326. The van der Waals surface area contributed by atoms with Crippen molar-refractivity contribution in [2.45, 2.75) is 76.4 Å². The maximum absolute atomic E-state index is 9.53. The average molecular weight is 551 g/mol. The van der Waals surface area contributed by atoms with E-state index in [0.717, 1.165) is 75.0 Å². The van der Waals surface area contributed by atoms with Gasteiger partial charge in [-0.1, -0.05) is 13.3 Å². The highest BCUT2D eigenvalue weighted by atomic mass is 16.5. The molecule has 2 aliphatic heterocycles. The number of aliphatic hydroxyl groups is 1. The number of methoxy groups -OCH3 is 1. The molecule has 1 spiro atoms. The molecule has 0 aromatic carbocycles. The Balaban J connectivity index is 1.16. The lowest BCUT2D eigenvalue weighted by Gasteiger charge is -2.57. The minimum absolute atomic E-state index is 0.0758. The van der Waals surface area contributed by atoms with Crippen molar-refractivity contribution in [3.8, 4) is 5.75 Å². The number of rotatable bonds is 11. The summed E-state index contributed by atoms with van der Waals surface area (Å²) >= 11 is 0. The Bertz CT molecular complexity index is 1300. The molecule has 2 saturated heterocycles. The number of nitrogens with one attached hydrogen (secondary N) is 1. The molecule has 1 saturated carbocycles. The van der Waals surface area contributed by atoms with Gasteiger partial charge in [-0.25, -0.2) is 4.98 Å². The number of nitrogens with two attached hydrogens (primary N) is 1. The van der Waals surface area contributed by atoms with Crippen molar-refractivity contribution in [1.82, 2.24) is 29.6 Å². The number of nitrogen functional groups attached to an aromatic ring is 1. The summed E-state index contributed by atoms with van der Waals surface area (Å²) in [6.45, 7) is 6.86. The third-order valence-electron chi connectivity index (χ3n) is 9.10. The van der Waals surface area contributed by atoms with Gasteiger partial charge < -0.3 is 30.5 Å². The molecule has 5 heterocycles. The standard InChI is InChI=1S/C29H42N8O3/c1-3-4-21(7-10-38)33-27-26-23(34-28(30)35-27)15-32-37(26)16-24-25(39-2)11-20(14-31-24)19-5-8-36(9-6-19)22-12-29(13-22)17-40-18-29/h11,14-15,19,21-22,38H,3-10,12-13,16-18H2,1-2H3,(H3,30,33,34,35)/t21-/m0/s1. The first-order chi connectivity index (χ1) is 19.5. The SMILES string of the molecule is CCC[C@@H](CCO)Nc1nc(N)nc2cnn(Cc3ncc(C4CCN(C5CC6(COC6)C5)CC4)cc3OC)c12. The zero-order valence-corrected chi connectivity index (χ0v) is 23.7. The third kappa shape index (κ3) is 5.34. The molecular weight excluding hydrogens is 508 g/mol. The summed E-state index contributed by atoms with van der Waals surface area (Å²) in [5.74, 6) is 2.07. The Morgan fingerprint density at radius 1 is 1.20 bits per heavy atom. The first-order valence-corrected chi connectivity index (χ1v) is 14.7. The van der Waals surface area contributed by atoms with Crippen LogP contribution in [0.4, 0.5) is 11.8 Å². The molecule has 3 aromatic rings. The van der Waals surface area contributed by atoms with Crippen LogP contribution in [0.15, 0.2) is 18.5 Å². The lowest BCUT2D eigenvalue weighted by molar-refractivity contribution is -0.185. The highest BCUT2D eigenvalue weighted by molar-refractivity contribution is 5.86. The number of aliphatic hydroxyl groups excluding tert-OH is 1. The molecule has 3 aliphatic rings. The van der Waals surface area contributed by atoms with Gasteiger partial charge in [0, 0.05) is 30.3 Å². The molecule has 11 nitrogen and oxygen atoms in total. The molecule has 40 heavy (non-hydrogen) atoms. The topological polar surface area (TPSA) is 136 Å². The Morgan fingerprint density at radius 2 is 2.00 bits per heavy atom. The van der Waals surface area contributed by atoms with E-state index in [2.05, 4.69) is 38.3 Å². The largest absolute Gasteiger partial charge is 0.495 e. The first kappa shape index (κ1) is 27.2. The van der Waals surface area contributed by atoms with E-state index >= 15 is 0 Å². The van der Waals surface area contributed by atoms with Crippen molar-refractivity contribution in [3.63, 3.8) is 0 Å². The normalized spacial score (nSPS) is 20.4. The smallest absolute Gasteiger partial charge is 0.222 e.